The van der Waals surface area contributed by atoms with Gasteiger partial charge in [-0.05, 0) is 5.56 Å². The molecular formula is C19H21N5O5. The molecule has 10 heteroatoms. The molecule has 0 saturated carbocycles. The number of nitrogens with zero attached hydrogens (tertiary/aromatic N) is 5. The minimum absolute atomic E-state index is 0.139. The average Bonchev–Trinajstić information content (AvgIpc) is 3.16. The monoisotopic (exact) mass is 399 g/mol. The van der Waals surface area contributed by atoms with Crippen LogP contribution in [0.1, 0.15) is 11.5 Å². The molecule has 3 rings (SSSR count). The largest absolute Gasteiger partial charge is 0.471 e. The molecule has 0 atom stereocenters. The molecule has 0 saturated heterocycles. The molecule has 0 N–H and O–H groups in total. The lowest BCUT2D eigenvalue weighted by Crippen LogP contribution is -2.20. The Labute approximate surface area is 166 Å². The fraction of sp³-hybridized carbons (Fsp3) is 0.316. The highest BCUT2D eigenvalue weighted by Crippen LogP contribution is 2.16. The molecule has 10 nitrogen and oxygen atoms in total. The van der Waals surface area contributed by atoms with E-state index in [-0.39, 0.29) is 18.0 Å². The Morgan fingerprint density at radius 3 is 2.76 bits per heavy atom. The molecule has 0 radical (unpaired) electrons. The number of benzene rings is 1. The van der Waals surface area contributed by atoms with Gasteiger partial charge in [0.25, 0.3) is 5.56 Å². The van der Waals surface area contributed by atoms with Gasteiger partial charge < -0.3 is 18.8 Å². The number of aryl methyl sites for hydroxylation is 1. The first-order chi connectivity index (χ1) is 14.2. The van der Waals surface area contributed by atoms with Crippen LogP contribution in [0.5, 0.6) is 5.88 Å². The van der Waals surface area contributed by atoms with Crippen molar-refractivity contribution in [1.82, 2.24) is 19.7 Å². The van der Waals surface area contributed by atoms with Crippen LogP contribution in [0.15, 0.2) is 51.1 Å². The van der Waals surface area contributed by atoms with Crippen molar-refractivity contribution in [3.05, 3.63) is 58.5 Å². The van der Waals surface area contributed by atoms with Gasteiger partial charge in [-0.2, -0.15) is 4.98 Å². The topological polar surface area (TPSA) is 114 Å². The molecule has 0 fully saturated rings. The van der Waals surface area contributed by atoms with Crippen LogP contribution in [0, 0.1) is 6.92 Å². The first kappa shape index (κ1) is 20.2. The van der Waals surface area contributed by atoms with E-state index in [1.165, 1.54) is 23.2 Å². The fourth-order valence-electron chi connectivity index (χ4n) is 2.36. The van der Waals surface area contributed by atoms with Crippen LogP contribution in [-0.2, 0) is 16.1 Å². The highest BCUT2D eigenvalue weighted by atomic mass is 16.6. The maximum absolute atomic E-state index is 12.3. The summed E-state index contributed by atoms with van der Waals surface area (Å²) in [6.45, 7) is 3.07. The van der Waals surface area contributed by atoms with Gasteiger partial charge >= 0.3 is 0 Å². The fourth-order valence-corrected chi connectivity index (χ4v) is 2.36. The van der Waals surface area contributed by atoms with E-state index >= 15 is 0 Å². The van der Waals surface area contributed by atoms with Crippen molar-refractivity contribution in [3.63, 3.8) is 0 Å². The maximum atomic E-state index is 12.3. The molecule has 0 aliphatic heterocycles. The van der Waals surface area contributed by atoms with Crippen LogP contribution < -0.4 is 10.3 Å². The molecule has 152 valence electrons. The molecular weight excluding hydrogens is 378 g/mol. The number of hydrogen-bond acceptors (Lipinski definition) is 9. The average molecular weight is 399 g/mol. The van der Waals surface area contributed by atoms with Gasteiger partial charge in [-0.3, -0.25) is 9.36 Å². The van der Waals surface area contributed by atoms with Gasteiger partial charge in [-0.25, -0.2) is 4.98 Å². The number of rotatable bonds is 10. The minimum Gasteiger partial charge on any atom is -0.471 e. The summed E-state index contributed by atoms with van der Waals surface area (Å²) in [6, 6.07) is 8.89. The Kier molecular flexibility index (Phi) is 7.06. The third kappa shape index (κ3) is 5.98. The zero-order valence-corrected chi connectivity index (χ0v) is 16.1. The van der Waals surface area contributed by atoms with Crippen LogP contribution >= 0.6 is 0 Å². The van der Waals surface area contributed by atoms with Gasteiger partial charge in [0.05, 0.1) is 25.4 Å². The SMILES string of the molecule is COCCON=CCOc1cc(=O)n(Cc2ccc(-c3noc(C)n3)cc2)cn1. The second kappa shape index (κ2) is 10.1. The summed E-state index contributed by atoms with van der Waals surface area (Å²) in [5.41, 5.74) is 1.56. The Morgan fingerprint density at radius 2 is 2.07 bits per heavy atom. The summed E-state index contributed by atoms with van der Waals surface area (Å²) in [5, 5.41) is 7.58. The predicted octanol–water partition coefficient (Wildman–Crippen LogP) is 1.68. The Morgan fingerprint density at radius 1 is 1.24 bits per heavy atom. The lowest BCUT2D eigenvalue weighted by Gasteiger charge is -2.07. The molecule has 0 amide bonds. The van der Waals surface area contributed by atoms with Crippen LogP contribution in [0.4, 0.5) is 0 Å². The van der Waals surface area contributed by atoms with Gasteiger partial charge in [0.2, 0.25) is 17.6 Å². The molecule has 0 aliphatic carbocycles. The first-order valence-electron chi connectivity index (χ1n) is 8.87. The third-order valence-electron chi connectivity index (χ3n) is 3.78. The molecule has 2 heterocycles. The van der Waals surface area contributed by atoms with Crippen molar-refractivity contribution in [2.75, 3.05) is 26.9 Å². The van der Waals surface area contributed by atoms with Crippen LogP contribution in [0.25, 0.3) is 11.4 Å². The van der Waals surface area contributed by atoms with Crippen molar-refractivity contribution in [1.29, 1.82) is 0 Å². The number of ether oxygens (including phenoxy) is 2. The molecule has 3 aromatic rings. The standard InChI is InChI=1S/C19H21N5O5/c1-14-22-19(23-29-14)16-5-3-15(4-6-16)12-24-13-20-17(11-18(24)25)27-8-7-21-28-10-9-26-2/h3-7,11,13H,8-10,12H2,1-2H3. The molecule has 2 aromatic heterocycles. The normalized spacial score (nSPS) is 11.1. The second-order valence-electron chi connectivity index (χ2n) is 5.95. The minimum atomic E-state index is -0.221. The van der Waals surface area contributed by atoms with Gasteiger partial charge in [-0.1, -0.05) is 34.6 Å². The lowest BCUT2D eigenvalue weighted by molar-refractivity contribution is 0.0752. The summed E-state index contributed by atoms with van der Waals surface area (Å²) in [6.07, 6.45) is 2.88. The maximum Gasteiger partial charge on any atom is 0.257 e. The van der Waals surface area contributed by atoms with Crippen molar-refractivity contribution in [2.45, 2.75) is 13.5 Å². The smallest absolute Gasteiger partial charge is 0.257 e. The summed E-state index contributed by atoms with van der Waals surface area (Å²) in [4.78, 5) is 25.5. The Balaban J connectivity index is 1.54. The van der Waals surface area contributed by atoms with Crippen molar-refractivity contribution in [2.24, 2.45) is 5.16 Å². The summed E-state index contributed by atoms with van der Waals surface area (Å²) < 4.78 is 16.7. The van der Waals surface area contributed by atoms with Crippen molar-refractivity contribution >= 4 is 6.21 Å². The third-order valence-corrected chi connectivity index (χ3v) is 3.78. The number of oxime groups is 1. The summed E-state index contributed by atoms with van der Waals surface area (Å²) >= 11 is 0. The van der Waals surface area contributed by atoms with E-state index in [4.69, 9.17) is 18.8 Å². The van der Waals surface area contributed by atoms with Gasteiger partial charge in [-0.15, -0.1) is 0 Å². The number of aromatic nitrogens is 4. The number of hydrogen-bond donors (Lipinski definition) is 0. The summed E-state index contributed by atoms with van der Waals surface area (Å²) in [5.74, 6) is 1.26. The van der Waals surface area contributed by atoms with Crippen molar-refractivity contribution < 1.29 is 18.8 Å². The van der Waals surface area contributed by atoms with E-state index in [0.29, 0.717) is 31.5 Å². The molecule has 1 aromatic carbocycles. The van der Waals surface area contributed by atoms with E-state index in [1.54, 1.807) is 14.0 Å². The van der Waals surface area contributed by atoms with E-state index in [2.05, 4.69) is 20.3 Å². The molecule has 0 unspecified atom stereocenters. The Hall–Kier alpha value is -3.53. The first-order valence-corrected chi connectivity index (χ1v) is 8.87. The van der Waals surface area contributed by atoms with Crippen LogP contribution in [-0.4, -0.2) is 52.8 Å². The van der Waals surface area contributed by atoms with Crippen LogP contribution in [0.2, 0.25) is 0 Å². The number of methoxy groups -OCH3 is 1. The van der Waals surface area contributed by atoms with Gasteiger partial charge in [0.15, 0.2) is 0 Å². The second-order valence-corrected chi connectivity index (χ2v) is 5.95. The predicted molar refractivity (Wildman–Crippen MR) is 104 cm³/mol. The van der Waals surface area contributed by atoms with E-state index in [1.807, 2.05) is 24.3 Å². The summed E-state index contributed by atoms with van der Waals surface area (Å²) in [7, 11) is 1.58. The lowest BCUT2D eigenvalue weighted by atomic mass is 10.1. The zero-order valence-electron chi connectivity index (χ0n) is 16.1. The molecule has 0 bridgehead atoms. The highest BCUT2D eigenvalue weighted by Gasteiger charge is 2.06. The van der Waals surface area contributed by atoms with E-state index in [0.717, 1.165) is 11.1 Å². The molecule has 0 spiro atoms. The van der Waals surface area contributed by atoms with Gasteiger partial charge in [0.1, 0.15) is 19.5 Å². The zero-order chi connectivity index (χ0) is 20.5. The van der Waals surface area contributed by atoms with Gasteiger partial charge in [0, 0.05) is 19.6 Å². The Bertz CT molecular complexity index is 997. The van der Waals surface area contributed by atoms with E-state index in [9.17, 15) is 4.79 Å². The van der Waals surface area contributed by atoms with Crippen molar-refractivity contribution in [3.8, 4) is 17.3 Å². The molecule has 0 aliphatic rings. The quantitative estimate of drug-likeness (QED) is 0.287. The highest BCUT2D eigenvalue weighted by molar-refractivity contribution is 5.58. The van der Waals surface area contributed by atoms with Crippen LogP contribution in [0.3, 0.4) is 0 Å². The van der Waals surface area contributed by atoms with E-state index < -0.39 is 0 Å². The molecule has 29 heavy (non-hydrogen) atoms.